The summed E-state index contributed by atoms with van der Waals surface area (Å²) < 4.78 is 58.3. The number of nitrogens with zero attached hydrogens (tertiary/aromatic N) is 3. The van der Waals surface area contributed by atoms with Gasteiger partial charge in [0.1, 0.15) is 23.0 Å². The van der Waals surface area contributed by atoms with Gasteiger partial charge in [-0.15, -0.1) is 0 Å². The number of anilines is 8. The molecule has 1 aliphatic heterocycles. The van der Waals surface area contributed by atoms with Crippen LogP contribution in [0.2, 0.25) is 0 Å². The summed E-state index contributed by atoms with van der Waals surface area (Å²) in [5.41, 5.74) is 7.19. The predicted molar refractivity (Wildman–Crippen MR) is 223 cm³/mol. The zero-order valence-corrected chi connectivity index (χ0v) is 37.5. The molecule has 0 fully saturated rings. The van der Waals surface area contributed by atoms with Crippen molar-refractivity contribution in [3.63, 3.8) is 0 Å². The third-order valence-corrected chi connectivity index (χ3v) is 12.1. The smallest absolute Gasteiger partial charge is 0.748 e. The molecular weight excluding hydrogens is 786 g/mol. The fourth-order valence-corrected chi connectivity index (χ4v) is 8.10. The van der Waals surface area contributed by atoms with E-state index in [-0.39, 0.29) is 64.4 Å². The minimum Gasteiger partial charge on any atom is -0.748 e. The summed E-state index contributed by atoms with van der Waals surface area (Å²) in [5.74, 6) is 2.96. The molecule has 57 heavy (non-hydrogen) atoms. The number of benzene rings is 6. The van der Waals surface area contributed by atoms with Crippen LogP contribution in [0.1, 0.15) is 13.3 Å². The molecule has 1 aliphatic rings. The van der Waals surface area contributed by atoms with E-state index in [4.69, 9.17) is 18.9 Å². The standard InChI is InChI=1S/C44H43N3O7S2.K/c1-30(56(48,49)50)26-27-45-41-28-35(46(31-6-16-37(51-2)17-7-31)32-8-18-38(52-3)19-9-32)14-24-43(41)55-44-25-15-36(29-42(44)45)47(33-10-20-39(53-4)21-11-33)34-12-22-40(54-5)23-13-34;/h6-25,28-30H,26-27H2,1-5H3,(H,48,49,50);/q;+1/p-1. The van der Waals surface area contributed by atoms with E-state index in [1.807, 2.05) is 97.1 Å². The zero-order chi connectivity index (χ0) is 39.4. The van der Waals surface area contributed by atoms with Gasteiger partial charge in [-0.05, 0) is 147 Å². The number of fused-ring (bicyclic) bond motifs is 2. The molecule has 7 rings (SSSR count). The van der Waals surface area contributed by atoms with Gasteiger partial charge in [-0.25, -0.2) is 8.42 Å². The van der Waals surface area contributed by atoms with Gasteiger partial charge in [-0.1, -0.05) is 11.8 Å². The largest absolute Gasteiger partial charge is 1.00 e. The summed E-state index contributed by atoms with van der Waals surface area (Å²) in [6, 6.07) is 44.0. The Morgan fingerprint density at radius 1 is 0.544 bits per heavy atom. The van der Waals surface area contributed by atoms with E-state index < -0.39 is 15.4 Å². The monoisotopic (exact) mass is 827 g/mol. The van der Waals surface area contributed by atoms with Crippen LogP contribution in [0.15, 0.2) is 143 Å². The van der Waals surface area contributed by atoms with Gasteiger partial charge in [0.15, 0.2) is 0 Å². The molecule has 0 aliphatic carbocycles. The minimum absolute atomic E-state index is 0. The average Bonchev–Trinajstić information content (AvgIpc) is 3.23. The van der Waals surface area contributed by atoms with Crippen molar-refractivity contribution in [2.24, 2.45) is 0 Å². The normalized spacial score (nSPS) is 12.4. The summed E-state index contributed by atoms with van der Waals surface area (Å²) in [4.78, 5) is 8.43. The quantitative estimate of drug-likeness (QED) is 0.0802. The second-order valence-electron chi connectivity index (χ2n) is 13.1. The van der Waals surface area contributed by atoms with Crippen molar-refractivity contribution in [2.45, 2.75) is 28.4 Å². The molecule has 1 atom stereocenters. The summed E-state index contributed by atoms with van der Waals surface area (Å²) in [7, 11) is 2.05. The molecule has 0 amide bonds. The molecule has 0 radical (unpaired) electrons. The summed E-state index contributed by atoms with van der Waals surface area (Å²) in [5, 5.41) is -1.08. The third-order valence-electron chi connectivity index (χ3n) is 9.78. The fourth-order valence-electron chi connectivity index (χ4n) is 6.65. The molecule has 0 spiro atoms. The fraction of sp³-hybridized carbons (Fsp3) is 0.182. The predicted octanol–water partition coefficient (Wildman–Crippen LogP) is 7.59. The molecule has 288 valence electrons. The Balaban J connectivity index is 0.00000549. The van der Waals surface area contributed by atoms with Gasteiger partial charge < -0.3 is 38.2 Å². The Hall–Kier alpha value is -4.18. The topological polar surface area (TPSA) is 104 Å². The zero-order valence-electron chi connectivity index (χ0n) is 32.7. The van der Waals surface area contributed by atoms with E-state index in [0.717, 1.165) is 78.3 Å². The van der Waals surface area contributed by atoms with E-state index in [1.165, 1.54) is 6.92 Å². The van der Waals surface area contributed by atoms with Gasteiger partial charge in [0.25, 0.3) is 0 Å². The van der Waals surface area contributed by atoms with Gasteiger partial charge >= 0.3 is 51.4 Å². The number of ether oxygens (including phenoxy) is 4. The Labute approximate surface area is 381 Å². The van der Waals surface area contributed by atoms with E-state index in [1.54, 1.807) is 40.2 Å². The molecule has 6 aromatic carbocycles. The van der Waals surface area contributed by atoms with Crippen LogP contribution in [0.5, 0.6) is 23.0 Å². The number of hydrogen-bond donors (Lipinski definition) is 0. The summed E-state index contributed by atoms with van der Waals surface area (Å²) in [6.07, 6.45) is 0.130. The SMILES string of the molecule is COc1ccc(N(c2ccc(OC)cc2)c2ccc3c(c2)N(CCC(C)S(=O)(=O)[O-])c2cc(N(c4ccc(OC)cc4)c4ccc(OC)cc4)ccc2S3)cc1.[K+]. The van der Waals surface area contributed by atoms with Gasteiger partial charge in [0.2, 0.25) is 0 Å². The molecule has 1 heterocycles. The van der Waals surface area contributed by atoms with Crippen LogP contribution in [0.4, 0.5) is 45.5 Å². The summed E-state index contributed by atoms with van der Waals surface area (Å²) in [6.45, 7) is 1.76. The average molecular weight is 828 g/mol. The van der Waals surface area contributed by atoms with Gasteiger partial charge in [0.05, 0.1) is 49.9 Å². The van der Waals surface area contributed by atoms with Crippen LogP contribution >= 0.6 is 11.8 Å². The van der Waals surface area contributed by atoms with Crippen LogP contribution in [0, 0.1) is 0 Å². The van der Waals surface area contributed by atoms with Crippen LogP contribution in [-0.2, 0) is 10.1 Å². The summed E-state index contributed by atoms with van der Waals surface area (Å²) >= 11 is 1.65. The maximum Gasteiger partial charge on any atom is 1.00 e. The number of rotatable bonds is 14. The number of methoxy groups -OCH3 is 4. The van der Waals surface area contributed by atoms with Gasteiger partial charge in [-0.3, -0.25) is 0 Å². The van der Waals surface area contributed by atoms with Gasteiger partial charge in [0, 0.05) is 55.7 Å². The molecule has 0 bridgehead atoms. The Kier molecular flexibility index (Phi) is 13.8. The third kappa shape index (κ3) is 9.42. The first kappa shape index (κ1) is 42.4. The van der Waals surface area contributed by atoms with Crippen molar-refractivity contribution in [1.82, 2.24) is 0 Å². The van der Waals surface area contributed by atoms with E-state index in [2.05, 4.69) is 51.1 Å². The van der Waals surface area contributed by atoms with Crippen molar-refractivity contribution < 1.29 is 83.3 Å². The minimum atomic E-state index is -4.51. The maximum atomic E-state index is 12.2. The van der Waals surface area contributed by atoms with Crippen molar-refractivity contribution in [2.75, 3.05) is 49.7 Å². The second-order valence-corrected chi connectivity index (χ2v) is 16.0. The molecule has 1 unspecified atom stereocenters. The first-order chi connectivity index (χ1) is 27.1. The Morgan fingerprint density at radius 3 is 1.12 bits per heavy atom. The second kappa shape index (κ2) is 18.6. The molecule has 0 aromatic heterocycles. The van der Waals surface area contributed by atoms with E-state index in [9.17, 15) is 13.0 Å². The maximum absolute atomic E-state index is 12.2. The molecule has 6 aromatic rings. The van der Waals surface area contributed by atoms with Crippen LogP contribution < -0.4 is 85.0 Å². The molecule has 10 nitrogen and oxygen atoms in total. The van der Waals surface area contributed by atoms with Crippen molar-refractivity contribution in [3.05, 3.63) is 133 Å². The Bertz CT molecular complexity index is 2160. The van der Waals surface area contributed by atoms with Crippen molar-refractivity contribution >= 4 is 67.4 Å². The van der Waals surface area contributed by atoms with Crippen molar-refractivity contribution in [1.29, 1.82) is 0 Å². The molecule has 0 saturated heterocycles. The first-order valence-electron chi connectivity index (χ1n) is 17.9. The van der Waals surface area contributed by atoms with E-state index in [0.29, 0.717) is 0 Å². The van der Waals surface area contributed by atoms with Gasteiger partial charge in [-0.2, -0.15) is 0 Å². The molecule has 13 heteroatoms. The first-order valence-corrected chi connectivity index (χ1v) is 20.2. The molecule has 0 N–H and O–H groups in total. The van der Waals surface area contributed by atoms with Crippen LogP contribution in [-0.4, -0.2) is 53.2 Å². The Morgan fingerprint density at radius 2 is 0.842 bits per heavy atom. The molecular formula is C44H42KN3O7S2. The van der Waals surface area contributed by atoms with Crippen LogP contribution in [0.25, 0.3) is 0 Å². The number of hydrogen-bond acceptors (Lipinski definition) is 11. The van der Waals surface area contributed by atoms with Crippen molar-refractivity contribution in [3.8, 4) is 23.0 Å². The molecule has 0 saturated carbocycles. The van der Waals surface area contributed by atoms with E-state index >= 15 is 0 Å². The van der Waals surface area contributed by atoms with Crippen LogP contribution in [0.3, 0.4) is 0 Å².